The van der Waals surface area contributed by atoms with Crippen molar-refractivity contribution in [3.8, 4) is 0 Å². The van der Waals surface area contributed by atoms with Gasteiger partial charge in [0.05, 0.1) is 0 Å². The number of rotatable bonds is 6. The average molecular weight is 193 g/mol. The minimum Gasteiger partial charge on any atom is -0.396 e. The predicted octanol–water partition coefficient (Wildman–Crippen LogP) is 1.54. The number of nitrogens with zero attached hydrogens (tertiary/aromatic N) is 1. The first-order chi connectivity index (χ1) is 6.83. The zero-order valence-corrected chi connectivity index (χ0v) is 8.82. The smallest absolute Gasteiger partial charge is 0.0443 e. The molecule has 0 atom stereocenters. The van der Waals surface area contributed by atoms with Gasteiger partial charge in [0, 0.05) is 19.7 Å². The Morgan fingerprint density at radius 3 is 2.50 bits per heavy atom. The molecule has 0 spiro atoms. The third-order valence-electron chi connectivity index (χ3n) is 2.32. The van der Waals surface area contributed by atoms with Crippen molar-refractivity contribution in [2.75, 3.05) is 26.7 Å². The Morgan fingerprint density at radius 2 is 1.86 bits per heavy atom. The molecular weight excluding hydrogens is 174 g/mol. The topological polar surface area (TPSA) is 23.5 Å². The fourth-order valence-electron chi connectivity index (χ4n) is 1.42. The summed E-state index contributed by atoms with van der Waals surface area (Å²) in [6, 6.07) is 10.5. The van der Waals surface area contributed by atoms with E-state index < -0.39 is 0 Å². The van der Waals surface area contributed by atoms with Gasteiger partial charge in [-0.05, 0) is 25.5 Å². The van der Waals surface area contributed by atoms with Gasteiger partial charge in [-0.2, -0.15) is 0 Å². The molecule has 0 aliphatic rings. The molecule has 0 saturated carbocycles. The van der Waals surface area contributed by atoms with Crippen LogP contribution in [-0.4, -0.2) is 36.8 Å². The van der Waals surface area contributed by atoms with Crippen molar-refractivity contribution in [1.29, 1.82) is 0 Å². The molecular formula is C12H19NO. The molecule has 78 valence electrons. The first-order valence-corrected chi connectivity index (χ1v) is 5.16. The Morgan fingerprint density at radius 1 is 1.14 bits per heavy atom. The van der Waals surface area contributed by atoms with Gasteiger partial charge in [0.2, 0.25) is 0 Å². The van der Waals surface area contributed by atoms with Crippen molar-refractivity contribution >= 4 is 0 Å². The van der Waals surface area contributed by atoms with Gasteiger partial charge >= 0.3 is 0 Å². The van der Waals surface area contributed by atoms with Gasteiger partial charge in [-0.15, -0.1) is 0 Å². The zero-order chi connectivity index (χ0) is 10.2. The van der Waals surface area contributed by atoms with E-state index in [0.717, 1.165) is 25.9 Å². The summed E-state index contributed by atoms with van der Waals surface area (Å²) in [5.41, 5.74) is 1.38. The monoisotopic (exact) mass is 193 g/mol. The number of hydrogen-bond acceptors (Lipinski definition) is 2. The fourth-order valence-corrected chi connectivity index (χ4v) is 1.42. The van der Waals surface area contributed by atoms with Gasteiger partial charge in [0.15, 0.2) is 0 Å². The lowest BCUT2D eigenvalue weighted by Gasteiger charge is -2.15. The summed E-state index contributed by atoms with van der Waals surface area (Å²) < 4.78 is 0. The van der Waals surface area contributed by atoms with Crippen LogP contribution in [0.2, 0.25) is 0 Å². The van der Waals surface area contributed by atoms with E-state index in [1.807, 2.05) is 6.07 Å². The average Bonchev–Trinajstić information content (AvgIpc) is 2.25. The summed E-state index contributed by atoms with van der Waals surface area (Å²) in [7, 11) is 2.10. The SMILES string of the molecule is CN(CCCO)CCc1ccccc1. The highest BCUT2D eigenvalue weighted by molar-refractivity contribution is 5.14. The van der Waals surface area contributed by atoms with Gasteiger partial charge < -0.3 is 10.0 Å². The molecule has 0 bridgehead atoms. The highest BCUT2D eigenvalue weighted by atomic mass is 16.3. The van der Waals surface area contributed by atoms with Crippen molar-refractivity contribution < 1.29 is 5.11 Å². The molecule has 0 saturated heterocycles. The fraction of sp³-hybridized carbons (Fsp3) is 0.500. The van der Waals surface area contributed by atoms with Gasteiger partial charge in [-0.1, -0.05) is 30.3 Å². The molecule has 0 amide bonds. The third-order valence-corrected chi connectivity index (χ3v) is 2.32. The molecule has 0 heterocycles. The summed E-state index contributed by atoms with van der Waals surface area (Å²) in [5, 5.41) is 8.67. The van der Waals surface area contributed by atoms with E-state index in [-0.39, 0.29) is 6.61 Å². The molecule has 14 heavy (non-hydrogen) atoms. The first kappa shape index (κ1) is 11.2. The normalized spacial score (nSPS) is 10.8. The molecule has 1 aromatic carbocycles. The van der Waals surface area contributed by atoms with Gasteiger partial charge in [0.1, 0.15) is 0 Å². The number of aliphatic hydroxyl groups excluding tert-OH is 1. The lowest BCUT2D eigenvalue weighted by Crippen LogP contribution is -2.23. The minimum atomic E-state index is 0.287. The molecule has 1 rings (SSSR count). The molecule has 1 N–H and O–H groups in total. The van der Waals surface area contributed by atoms with Crippen LogP contribution in [0.4, 0.5) is 0 Å². The maximum absolute atomic E-state index is 8.67. The zero-order valence-electron chi connectivity index (χ0n) is 8.82. The second-order valence-corrected chi connectivity index (χ2v) is 3.62. The maximum atomic E-state index is 8.67. The van der Waals surface area contributed by atoms with E-state index in [4.69, 9.17) is 5.11 Å². The van der Waals surface area contributed by atoms with Crippen molar-refractivity contribution in [2.24, 2.45) is 0 Å². The second kappa shape index (κ2) is 6.57. The molecule has 0 aromatic heterocycles. The number of hydrogen-bond donors (Lipinski definition) is 1. The van der Waals surface area contributed by atoms with Crippen LogP contribution in [0.25, 0.3) is 0 Å². The van der Waals surface area contributed by atoms with Crippen LogP contribution in [0.15, 0.2) is 30.3 Å². The molecule has 0 radical (unpaired) electrons. The Hall–Kier alpha value is -0.860. The van der Waals surface area contributed by atoms with Crippen LogP contribution in [0.1, 0.15) is 12.0 Å². The lowest BCUT2D eigenvalue weighted by molar-refractivity contribution is 0.248. The Bertz CT molecular complexity index is 235. The Labute approximate surface area is 86.2 Å². The van der Waals surface area contributed by atoms with Gasteiger partial charge in [-0.25, -0.2) is 0 Å². The second-order valence-electron chi connectivity index (χ2n) is 3.62. The molecule has 0 fully saturated rings. The van der Waals surface area contributed by atoms with Crippen molar-refractivity contribution in [3.63, 3.8) is 0 Å². The van der Waals surface area contributed by atoms with Crippen LogP contribution < -0.4 is 0 Å². The summed E-state index contributed by atoms with van der Waals surface area (Å²) in [4.78, 5) is 2.25. The van der Waals surface area contributed by atoms with Crippen LogP contribution in [0, 0.1) is 0 Å². The quantitative estimate of drug-likeness (QED) is 0.741. The number of aliphatic hydroxyl groups is 1. The predicted molar refractivity (Wildman–Crippen MR) is 59.3 cm³/mol. The summed E-state index contributed by atoms with van der Waals surface area (Å²) >= 11 is 0. The molecule has 2 nitrogen and oxygen atoms in total. The van der Waals surface area contributed by atoms with Crippen LogP contribution in [0.3, 0.4) is 0 Å². The summed E-state index contributed by atoms with van der Waals surface area (Å²) in [6.07, 6.45) is 1.95. The highest BCUT2D eigenvalue weighted by Gasteiger charge is 1.97. The van der Waals surface area contributed by atoms with Crippen LogP contribution in [-0.2, 0) is 6.42 Å². The molecule has 1 aromatic rings. The summed E-state index contributed by atoms with van der Waals surface area (Å²) in [6.45, 7) is 2.32. The Kier molecular flexibility index (Phi) is 5.27. The highest BCUT2D eigenvalue weighted by Crippen LogP contribution is 2.00. The van der Waals surface area contributed by atoms with Crippen molar-refractivity contribution in [1.82, 2.24) is 4.90 Å². The van der Waals surface area contributed by atoms with Crippen LogP contribution in [0.5, 0.6) is 0 Å². The lowest BCUT2D eigenvalue weighted by atomic mass is 10.1. The van der Waals surface area contributed by atoms with Crippen molar-refractivity contribution in [2.45, 2.75) is 12.8 Å². The number of likely N-dealkylation sites (N-methyl/N-ethyl adjacent to an activating group) is 1. The molecule has 0 unspecified atom stereocenters. The van der Waals surface area contributed by atoms with Gasteiger partial charge in [-0.3, -0.25) is 0 Å². The molecule has 0 aliphatic heterocycles. The van der Waals surface area contributed by atoms with E-state index in [1.165, 1.54) is 5.56 Å². The van der Waals surface area contributed by atoms with Gasteiger partial charge in [0.25, 0.3) is 0 Å². The van der Waals surface area contributed by atoms with E-state index in [2.05, 4.69) is 36.2 Å². The number of benzene rings is 1. The van der Waals surface area contributed by atoms with Crippen molar-refractivity contribution in [3.05, 3.63) is 35.9 Å². The van der Waals surface area contributed by atoms with E-state index in [0.29, 0.717) is 0 Å². The van der Waals surface area contributed by atoms with Crippen LogP contribution >= 0.6 is 0 Å². The van der Waals surface area contributed by atoms with E-state index in [9.17, 15) is 0 Å². The summed E-state index contributed by atoms with van der Waals surface area (Å²) in [5.74, 6) is 0. The van der Waals surface area contributed by atoms with E-state index >= 15 is 0 Å². The molecule has 0 aliphatic carbocycles. The largest absolute Gasteiger partial charge is 0.396 e. The molecule has 2 heteroatoms. The first-order valence-electron chi connectivity index (χ1n) is 5.16. The van der Waals surface area contributed by atoms with E-state index in [1.54, 1.807) is 0 Å². The Balaban J connectivity index is 2.20. The third kappa shape index (κ3) is 4.40. The minimum absolute atomic E-state index is 0.287. The standard InChI is InChI=1S/C12H19NO/c1-13(9-5-11-14)10-8-12-6-3-2-4-7-12/h2-4,6-7,14H,5,8-11H2,1H3. The maximum Gasteiger partial charge on any atom is 0.0443 e.